The maximum Gasteiger partial charge on any atom is 0.416 e. The number of urea groups is 1. The molecule has 7 nitrogen and oxygen atoms in total. The van der Waals surface area contributed by atoms with Gasteiger partial charge in [0.1, 0.15) is 18.0 Å². The lowest BCUT2D eigenvalue weighted by Gasteiger charge is -2.35. The molecule has 0 aliphatic carbocycles. The zero-order valence-electron chi connectivity index (χ0n) is 17.7. The third-order valence-electron chi connectivity index (χ3n) is 5.29. The van der Waals surface area contributed by atoms with Crippen LogP contribution in [-0.4, -0.2) is 47.1 Å². The number of carbonyl (C=O) groups is 1. The standard InChI is InChI=1S/C23H23F3N6O/c24-23(25,26)18-7-4-8-19(13-18)29-22(33)30-20-14-21(28-16-27-20)32-11-9-31(10-12-32)15-17-5-2-1-3-6-17/h1-8,13-14,16H,9-12,15H2,(H2,27,28,29,30,33). The first kappa shape index (κ1) is 22.5. The predicted molar refractivity (Wildman–Crippen MR) is 120 cm³/mol. The molecule has 2 heterocycles. The van der Waals surface area contributed by atoms with E-state index in [4.69, 9.17) is 0 Å². The Hall–Kier alpha value is -3.66. The normalized spacial score (nSPS) is 14.7. The fourth-order valence-corrected chi connectivity index (χ4v) is 3.62. The molecule has 0 atom stereocenters. The van der Waals surface area contributed by atoms with E-state index in [0.29, 0.717) is 5.82 Å². The molecule has 0 saturated carbocycles. The molecule has 1 fully saturated rings. The fraction of sp³-hybridized carbons (Fsp3) is 0.261. The molecule has 4 rings (SSSR count). The number of amides is 2. The summed E-state index contributed by atoms with van der Waals surface area (Å²) in [5.74, 6) is 0.940. The van der Waals surface area contributed by atoms with Gasteiger partial charge in [-0.2, -0.15) is 13.2 Å². The number of halogens is 3. The molecule has 2 aromatic carbocycles. The quantitative estimate of drug-likeness (QED) is 0.593. The van der Waals surface area contributed by atoms with Gasteiger partial charge in [0, 0.05) is 44.5 Å². The number of benzene rings is 2. The molecule has 172 valence electrons. The van der Waals surface area contributed by atoms with Crippen molar-refractivity contribution in [1.82, 2.24) is 14.9 Å². The minimum absolute atomic E-state index is 0.0335. The monoisotopic (exact) mass is 456 g/mol. The summed E-state index contributed by atoms with van der Waals surface area (Å²) in [6.07, 6.45) is -3.13. The summed E-state index contributed by atoms with van der Waals surface area (Å²) in [7, 11) is 0. The van der Waals surface area contributed by atoms with E-state index in [-0.39, 0.29) is 11.5 Å². The summed E-state index contributed by atoms with van der Waals surface area (Å²) < 4.78 is 38.6. The molecule has 0 bridgehead atoms. The van der Waals surface area contributed by atoms with Gasteiger partial charge in [-0.1, -0.05) is 36.4 Å². The largest absolute Gasteiger partial charge is 0.416 e. The minimum Gasteiger partial charge on any atom is -0.354 e. The number of piperazine rings is 1. The Morgan fingerprint density at radius 3 is 2.39 bits per heavy atom. The number of rotatable bonds is 5. The second-order valence-corrected chi connectivity index (χ2v) is 7.67. The molecular weight excluding hydrogens is 433 g/mol. The van der Waals surface area contributed by atoms with Crippen LogP contribution < -0.4 is 15.5 Å². The summed E-state index contributed by atoms with van der Waals surface area (Å²) in [5.41, 5.74) is 0.466. The van der Waals surface area contributed by atoms with Gasteiger partial charge in [0.05, 0.1) is 5.56 Å². The van der Waals surface area contributed by atoms with E-state index in [2.05, 4.69) is 42.5 Å². The van der Waals surface area contributed by atoms with Crippen molar-refractivity contribution in [2.75, 3.05) is 41.7 Å². The number of nitrogens with one attached hydrogen (secondary N) is 2. The van der Waals surface area contributed by atoms with E-state index in [0.717, 1.165) is 44.9 Å². The van der Waals surface area contributed by atoms with Gasteiger partial charge in [-0.15, -0.1) is 0 Å². The van der Waals surface area contributed by atoms with Crippen LogP contribution in [0.5, 0.6) is 0 Å². The first-order valence-corrected chi connectivity index (χ1v) is 10.5. The van der Waals surface area contributed by atoms with Crippen molar-refractivity contribution in [3.63, 3.8) is 0 Å². The van der Waals surface area contributed by atoms with Crippen molar-refractivity contribution in [3.8, 4) is 0 Å². The Morgan fingerprint density at radius 2 is 1.67 bits per heavy atom. The van der Waals surface area contributed by atoms with Crippen molar-refractivity contribution < 1.29 is 18.0 Å². The van der Waals surface area contributed by atoms with Crippen LogP contribution in [0.3, 0.4) is 0 Å². The predicted octanol–water partition coefficient (Wildman–Crippen LogP) is 4.46. The van der Waals surface area contributed by atoms with Crippen LogP contribution in [0.25, 0.3) is 0 Å². The molecule has 1 aliphatic rings. The van der Waals surface area contributed by atoms with Crippen LogP contribution in [0.1, 0.15) is 11.1 Å². The second kappa shape index (κ2) is 9.86. The van der Waals surface area contributed by atoms with Gasteiger partial charge in [0.25, 0.3) is 0 Å². The molecular formula is C23H23F3N6O. The Balaban J connectivity index is 1.32. The number of anilines is 3. The molecule has 0 unspecified atom stereocenters. The number of carbonyl (C=O) groups excluding carboxylic acids is 1. The van der Waals surface area contributed by atoms with Crippen LogP contribution >= 0.6 is 0 Å². The average Bonchev–Trinajstić information content (AvgIpc) is 2.80. The molecule has 10 heteroatoms. The van der Waals surface area contributed by atoms with Crippen LogP contribution in [0.15, 0.2) is 67.0 Å². The highest BCUT2D eigenvalue weighted by Crippen LogP contribution is 2.30. The lowest BCUT2D eigenvalue weighted by atomic mass is 10.2. The maximum atomic E-state index is 12.9. The Labute approximate surface area is 189 Å². The Morgan fingerprint density at radius 1 is 0.909 bits per heavy atom. The SMILES string of the molecule is O=C(Nc1cccc(C(F)(F)F)c1)Nc1cc(N2CCN(Cc3ccccc3)CC2)ncn1. The topological polar surface area (TPSA) is 73.4 Å². The summed E-state index contributed by atoms with van der Waals surface area (Å²) in [4.78, 5) is 25.1. The molecule has 1 aromatic heterocycles. The summed E-state index contributed by atoms with van der Waals surface area (Å²) in [6.45, 7) is 4.19. The van der Waals surface area contributed by atoms with Crippen LogP contribution in [0.4, 0.5) is 35.3 Å². The van der Waals surface area contributed by atoms with Gasteiger partial charge in [0.2, 0.25) is 0 Å². The zero-order chi connectivity index (χ0) is 23.3. The number of nitrogens with zero attached hydrogens (tertiary/aromatic N) is 4. The number of hydrogen-bond acceptors (Lipinski definition) is 5. The first-order chi connectivity index (χ1) is 15.9. The van der Waals surface area contributed by atoms with E-state index in [1.807, 2.05) is 18.2 Å². The van der Waals surface area contributed by atoms with E-state index in [1.165, 1.54) is 24.0 Å². The van der Waals surface area contributed by atoms with Gasteiger partial charge in [0.15, 0.2) is 0 Å². The van der Waals surface area contributed by atoms with E-state index in [1.54, 1.807) is 6.07 Å². The molecule has 33 heavy (non-hydrogen) atoms. The third-order valence-corrected chi connectivity index (χ3v) is 5.29. The zero-order valence-corrected chi connectivity index (χ0v) is 17.7. The average molecular weight is 456 g/mol. The van der Waals surface area contributed by atoms with E-state index < -0.39 is 17.8 Å². The van der Waals surface area contributed by atoms with Crippen molar-refractivity contribution in [2.45, 2.75) is 12.7 Å². The van der Waals surface area contributed by atoms with Crippen molar-refractivity contribution >= 4 is 23.4 Å². The van der Waals surface area contributed by atoms with Crippen molar-refractivity contribution in [2.24, 2.45) is 0 Å². The highest BCUT2D eigenvalue weighted by Gasteiger charge is 2.30. The molecule has 0 spiro atoms. The second-order valence-electron chi connectivity index (χ2n) is 7.67. The van der Waals surface area contributed by atoms with Gasteiger partial charge in [-0.05, 0) is 23.8 Å². The highest BCUT2D eigenvalue weighted by molar-refractivity contribution is 5.99. The lowest BCUT2D eigenvalue weighted by Crippen LogP contribution is -2.46. The molecule has 1 aliphatic heterocycles. The Bertz CT molecular complexity index is 1080. The van der Waals surface area contributed by atoms with Crippen LogP contribution in [0, 0.1) is 0 Å². The fourth-order valence-electron chi connectivity index (χ4n) is 3.62. The third kappa shape index (κ3) is 6.19. The van der Waals surface area contributed by atoms with Crippen molar-refractivity contribution in [3.05, 3.63) is 78.1 Å². The summed E-state index contributed by atoms with van der Waals surface area (Å²) in [6, 6.07) is 15.7. The van der Waals surface area contributed by atoms with Gasteiger partial charge < -0.3 is 10.2 Å². The molecule has 3 aromatic rings. The maximum absolute atomic E-state index is 12.9. The number of aromatic nitrogens is 2. The lowest BCUT2D eigenvalue weighted by molar-refractivity contribution is -0.137. The molecule has 1 saturated heterocycles. The van der Waals surface area contributed by atoms with Crippen LogP contribution in [0.2, 0.25) is 0 Å². The minimum atomic E-state index is -4.49. The summed E-state index contributed by atoms with van der Waals surface area (Å²) in [5, 5.41) is 4.95. The molecule has 2 N–H and O–H groups in total. The van der Waals surface area contributed by atoms with Gasteiger partial charge in [-0.3, -0.25) is 10.2 Å². The molecule has 0 radical (unpaired) electrons. The van der Waals surface area contributed by atoms with Crippen LogP contribution in [-0.2, 0) is 12.7 Å². The van der Waals surface area contributed by atoms with E-state index in [9.17, 15) is 18.0 Å². The van der Waals surface area contributed by atoms with Gasteiger partial charge in [-0.25, -0.2) is 14.8 Å². The van der Waals surface area contributed by atoms with E-state index >= 15 is 0 Å². The first-order valence-electron chi connectivity index (χ1n) is 10.5. The highest BCUT2D eigenvalue weighted by atomic mass is 19.4. The van der Waals surface area contributed by atoms with Gasteiger partial charge >= 0.3 is 12.2 Å². The molecule has 2 amide bonds. The Kier molecular flexibility index (Phi) is 6.74. The van der Waals surface area contributed by atoms with Crippen molar-refractivity contribution in [1.29, 1.82) is 0 Å². The number of alkyl halides is 3. The summed E-state index contributed by atoms with van der Waals surface area (Å²) >= 11 is 0. The number of hydrogen-bond donors (Lipinski definition) is 2. The smallest absolute Gasteiger partial charge is 0.354 e.